The molecule has 1 fully saturated rings. The third-order valence-electron chi connectivity index (χ3n) is 3.92. The lowest BCUT2D eigenvalue weighted by molar-refractivity contribution is -0.135. The molecule has 1 saturated carbocycles. The molecule has 0 saturated heterocycles. The summed E-state index contributed by atoms with van der Waals surface area (Å²) < 4.78 is 33.8. The van der Waals surface area contributed by atoms with E-state index in [4.69, 9.17) is 8.92 Å². The molecule has 24 heavy (non-hydrogen) atoms. The molecule has 134 valence electrons. The minimum Gasteiger partial charge on any atom is -0.493 e. The predicted octanol–water partition coefficient (Wildman–Crippen LogP) is 2.57. The number of amides is 1. The Kier molecular flexibility index (Phi) is 5.74. The number of benzene rings is 1. The Balaban J connectivity index is 2.25. The Morgan fingerprint density at radius 1 is 1.29 bits per heavy atom. The smallest absolute Gasteiger partial charge is 0.309 e. The molecule has 1 aromatic carbocycles. The minimum atomic E-state index is -3.64. The van der Waals surface area contributed by atoms with Crippen molar-refractivity contribution in [3.8, 4) is 11.5 Å². The highest BCUT2D eigenvalue weighted by atomic mass is 32.2. The molecule has 1 aromatic rings. The maximum Gasteiger partial charge on any atom is 0.309 e. The standard InChI is InChI=1S/C17H25NO5S/c1-5-24(20,21)23-16-10-13(6-9-15(16)22-4)11-18(14-7-8-14)17(19)12(2)3/h6,9-10,12,14H,5,7-8,11H2,1-4H3. The first-order chi connectivity index (χ1) is 11.3. The van der Waals surface area contributed by atoms with Crippen molar-refractivity contribution in [3.05, 3.63) is 23.8 Å². The predicted molar refractivity (Wildman–Crippen MR) is 91.5 cm³/mol. The Hall–Kier alpha value is -1.76. The molecule has 2 rings (SSSR count). The molecule has 0 N–H and O–H groups in total. The van der Waals surface area contributed by atoms with Crippen molar-refractivity contribution < 1.29 is 22.1 Å². The number of methoxy groups -OCH3 is 1. The van der Waals surface area contributed by atoms with Crippen molar-refractivity contribution in [2.45, 2.75) is 46.2 Å². The Morgan fingerprint density at radius 3 is 2.46 bits per heavy atom. The van der Waals surface area contributed by atoms with Gasteiger partial charge in [-0.25, -0.2) is 0 Å². The van der Waals surface area contributed by atoms with Gasteiger partial charge in [0, 0.05) is 18.5 Å². The van der Waals surface area contributed by atoms with E-state index >= 15 is 0 Å². The maximum absolute atomic E-state index is 12.4. The number of hydrogen-bond acceptors (Lipinski definition) is 5. The number of hydrogen-bond donors (Lipinski definition) is 0. The molecule has 0 radical (unpaired) electrons. The SMILES string of the molecule is CCS(=O)(=O)Oc1cc(CN(C(=O)C(C)C)C2CC2)ccc1OC. The molecule has 0 aliphatic heterocycles. The van der Waals surface area contributed by atoms with Gasteiger partial charge in [-0.15, -0.1) is 0 Å². The van der Waals surface area contributed by atoms with Crippen molar-refractivity contribution in [1.82, 2.24) is 4.90 Å². The summed E-state index contributed by atoms with van der Waals surface area (Å²) in [5.41, 5.74) is 0.818. The van der Waals surface area contributed by atoms with Gasteiger partial charge in [0.05, 0.1) is 12.9 Å². The van der Waals surface area contributed by atoms with Crippen LogP contribution in [0.2, 0.25) is 0 Å². The topological polar surface area (TPSA) is 72.9 Å². The summed E-state index contributed by atoms with van der Waals surface area (Å²) in [6, 6.07) is 5.41. The number of ether oxygens (including phenoxy) is 1. The fourth-order valence-electron chi connectivity index (χ4n) is 2.38. The fraction of sp³-hybridized carbons (Fsp3) is 0.588. The largest absolute Gasteiger partial charge is 0.493 e. The van der Waals surface area contributed by atoms with E-state index in [9.17, 15) is 13.2 Å². The number of carbonyl (C=O) groups excluding carboxylic acids is 1. The van der Waals surface area contributed by atoms with Crippen LogP contribution in [0.4, 0.5) is 0 Å². The average Bonchev–Trinajstić information content (AvgIpc) is 3.36. The average molecular weight is 355 g/mol. The Bertz CT molecular complexity index is 695. The van der Waals surface area contributed by atoms with Gasteiger partial charge in [-0.05, 0) is 37.5 Å². The van der Waals surface area contributed by atoms with Crippen LogP contribution in [0.1, 0.15) is 39.2 Å². The first-order valence-electron chi connectivity index (χ1n) is 8.17. The van der Waals surface area contributed by atoms with E-state index < -0.39 is 10.1 Å². The van der Waals surface area contributed by atoms with E-state index in [0.717, 1.165) is 18.4 Å². The van der Waals surface area contributed by atoms with Crippen LogP contribution < -0.4 is 8.92 Å². The summed E-state index contributed by atoms with van der Waals surface area (Å²) >= 11 is 0. The molecule has 0 spiro atoms. The first kappa shape index (κ1) is 18.6. The van der Waals surface area contributed by atoms with Crippen LogP contribution >= 0.6 is 0 Å². The van der Waals surface area contributed by atoms with E-state index in [2.05, 4.69) is 0 Å². The van der Waals surface area contributed by atoms with Gasteiger partial charge in [0.1, 0.15) is 0 Å². The summed E-state index contributed by atoms with van der Waals surface area (Å²) in [6.45, 7) is 5.72. The Morgan fingerprint density at radius 2 is 1.96 bits per heavy atom. The van der Waals surface area contributed by atoms with Crippen molar-refractivity contribution in [2.24, 2.45) is 5.92 Å². The van der Waals surface area contributed by atoms with Crippen LogP contribution in [0.25, 0.3) is 0 Å². The Labute approximate surface area is 143 Å². The van der Waals surface area contributed by atoms with Crippen molar-refractivity contribution in [2.75, 3.05) is 12.9 Å². The van der Waals surface area contributed by atoms with Crippen molar-refractivity contribution >= 4 is 16.0 Å². The summed E-state index contributed by atoms with van der Waals surface area (Å²) in [6.07, 6.45) is 2.03. The van der Waals surface area contributed by atoms with Crippen molar-refractivity contribution in [3.63, 3.8) is 0 Å². The van der Waals surface area contributed by atoms with E-state index in [1.807, 2.05) is 24.8 Å². The van der Waals surface area contributed by atoms with E-state index in [-0.39, 0.29) is 29.4 Å². The summed E-state index contributed by atoms with van der Waals surface area (Å²) in [5.74, 6) is 0.422. The van der Waals surface area contributed by atoms with Gasteiger partial charge < -0.3 is 13.8 Å². The van der Waals surface area contributed by atoms with Crippen LogP contribution in [0.3, 0.4) is 0 Å². The summed E-state index contributed by atoms with van der Waals surface area (Å²) in [4.78, 5) is 14.3. The highest BCUT2D eigenvalue weighted by Gasteiger charge is 2.33. The molecule has 0 unspecified atom stereocenters. The highest BCUT2D eigenvalue weighted by Crippen LogP contribution is 2.33. The minimum absolute atomic E-state index is 0.0694. The molecular weight excluding hydrogens is 330 g/mol. The van der Waals surface area contributed by atoms with Crippen LogP contribution in [-0.4, -0.2) is 38.1 Å². The van der Waals surface area contributed by atoms with Crippen LogP contribution in [0.5, 0.6) is 11.5 Å². The summed E-state index contributed by atoms with van der Waals surface area (Å²) in [7, 11) is -2.19. The van der Waals surface area contributed by atoms with Gasteiger partial charge in [-0.3, -0.25) is 4.79 Å². The zero-order valence-electron chi connectivity index (χ0n) is 14.6. The van der Waals surface area contributed by atoms with Gasteiger partial charge in [0.2, 0.25) is 5.91 Å². The van der Waals surface area contributed by atoms with E-state index in [0.29, 0.717) is 12.3 Å². The summed E-state index contributed by atoms with van der Waals surface area (Å²) in [5, 5.41) is 0. The lowest BCUT2D eigenvalue weighted by Gasteiger charge is -2.25. The number of rotatable bonds is 8. The fourth-order valence-corrected chi connectivity index (χ4v) is 2.90. The molecule has 1 amide bonds. The first-order valence-corrected chi connectivity index (χ1v) is 9.74. The molecule has 1 aliphatic rings. The maximum atomic E-state index is 12.4. The molecule has 0 aromatic heterocycles. The molecular formula is C17H25NO5S. The van der Waals surface area contributed by atoms with Crippen molar-refractivity contribution in [1.29, 1.82) is 0 Å². The number of nitrogens with zero attached hydrogens (tertiary/aromatic N) is 1. The number of carbonyl (C=O) groups is 1. The second kappa shape index (κ2) is 7.42. The molecule has 6 nitrogen and oxygen atoms in total. The van der Waals surface area contributed by atoms with Gasteiger partial charge >= 0.3 is 10.1 Å². The highest BCUT2D eigenvalue weighted by molar-refractivity contribution is 7.87. The molecule has 7 heteroatoms. The van der Waals surface area contributed by atoms with E-state index in [1.54, 1.807) is 12.1 Å². The molecule has 0 bridgehead atoms. The monoisotopic (exact) mass is 355 g/mol. The zero-order valence-corrected chi connectivity index (χ0v) is 15.4. The third kappa shape index (κ3) is 4.63. The lowest BCUT2D eigenvalue weighted by atomic mass is 10.1. The second-order valence-corrected chi connectivity index (χ2v) is 8.13. The lowest BCUT2D eigenvalue weighted by Crippen LogP contribution is -2.35. The van der Waals surface area contributed by atoms with Crippen LogP contribution in [0.15, 0.2) is 18.2 Å². The van der Waals surface area contributed by atoms with Gasteiger partial charge in [-0.1, -0.05) is 19.9 Å². The zero-order chi connectivity index (χ0) is 17.9. The van der Waals surface area contributed by atoms with Gasteiger partial charge in [0.25, 0.3) is 0 Å². The van der Waals surface area contributed by atoms with Crippen LogP contribution in [-0.2, 0) is 21.5 Å². The molecule has 1 aliphatic carbocycles. The molecule has 0 heterocycles. The normalized spacial score (nSPS) is 14.5. The second-order valence-electron chi connectivity index (χ2n) is 6.27. The van der Waals surface area contributed by atoms with Gasteiger partial charge in [-0.2, -0.15) is 8.42 Å². The van der Waals surface area contributed by atoms with Gasteiger partial charge in [0.15, 0.2) is 11.5 Å². The third-order valence-corrected chi connectivity index (χ3v) is 5.06. The quantitative estimate of drug-likeness (QED) is 0.670. The van der Waals surface area contributed by atoms with E-state index in [1.165, 1.54) is 14.0 Å². The van der Waals surface area contributed by atoms with Crippen LogP contribution in [0, 0.1) is 5.92 Å². The molecule has 0 atom stereocenters.